The maximum Gasteiger partial charge on any atom is 0.332 e. The quantitative estimate of drug-likeness (QED) is 0.824. The van der Waals surface area contributed by atoms with Gasteiger partial charge in [0, 0.05) is 26.7 Å². The molecular formula is C18H29N5O2. The molecular weight excluding hydrogens is 318 g/mol. The Morgan fingerprint density at radius 1 is 1.12 bits per heavy atom. The van der Waals surface area contributed by atoms with Gasteiger partial charge in [-0.2, -0.15) is 0 Å². The summed E-state index contributed by atoms with van der Waals surface area (Å²) in [5.41, 5.74) is 0.471. The zero-order valence-electron chi connectivity index (χ0n) is 15.8. The lowest BCUT2D eigenvalue weighted by Gasteiger charge is -2.34. The molecule has 1 fully saturated rings. The summed E-state index contributed by atoms with van der Waals surface area (Å²) in [6.07, 6.45) is 5.78. The molecule has 2 aromatic rings. The number of aryl methyl sites for hydroxylation is 2. The van der Waals surface area contributed by atoms with Crippen molar-refractivity contribution in [1.29, 1.82) is 0 Å². The van der Waals surface area contributed by atoms with E-state index in [-0.39, 0.29) is 11.2 Å². The van der Waals surface area contributed by atoms with Crippen LogP contribution in [-0.4, -0.2) is 36.2 Å². The van der Waals surface area contributed by atoms with Crippen molar-refractivity contribution in [3.8, 4) is 0 Å². The lowest BCUT2D eigenvalue weighted by atomic mass is 10.0. The Kier molecular flexibility index (Phi) is 5.13. The number of piperidine rings is 1. The van der Waals surface area contributed by atoms with Crippen LogP contribution in [0.25, 0.3) is 11.2 Å². The van der Waals surface area contributed by atoms with Crippen molar-refractivity contribution >= 4 is 11.2 Å². The summed E-state index contributed by atoms with van der Waals surface area (Å²) in [7, 11) is 3.22. The average Bonchev–Trinajstić information content (AvgIpc) is 2.97. The summed E-state index contributed by atoms with van der Waals surface area (Å²) < 4.78 is 4.69. The number of nitrogens with zero attached hydrogens (tertiary/aromatic N) is 5. The first kappa shape index (κ1) is 17.9. The van der Waals surface area contributed by atoms with Gasteiger partial charge in [-0.1, -0.05) is 20.3 Å². The standard InChI is InChI=1S/C18H29N5O2/c1-5-10-23-14(12-22-11-8-7-9-13(22)6-2)19-16-15(23)17(24)21(4)18(25)20(16)3/h13H,5-12H2,1-4H3/t13-/m1/s1. The van der Waals surface area contributed by atoms with Crippen LogP contribution in [0.3, 0.4) is 0 Å². The van der Waals surface area contributed by atoms with Crippen molar-refractivity contribution in [3.05, 3.63) is 26.7 Å². The fraction of sp³-hybridized carbons (Fsp3) is 0.722. The molecule has 3 heterocycles. The minimum atomic E-state index is -0.324. The zero-order chi connectivity index (χ0) is 18.1. The molecule has 1 saturated heterocycles. The first-order chi connectivity index (χ1) is 12.0. The second-order valence-electron chi connectivity index (χ2n) is 7.09. The minimum absolute atomic E-state index is 0.254. The number of rotatable bonds is 5. The summed E-state index contributed by atoms with van der Waals surface area (Å²) in [5, 5.41) is 0. The summed E-state index contributed by atoms with van der Waals surface area (Å²) >= 11 is 0. The molecule has 1 aliphatic rings. The Morgan fingerprint density at radius 3 is 2.56 bits per heavy atom. The zero-order valence-corrected chi connectivity index (χ0v) is 15.8. The van der Waals surface area contributed by atoms with Gasteiger partial charge >= 0.3 is 5.69 Å². The highest BCUT2D eigenvalue weighted by Crippen LogP contribution is 2.22. The summed E-state index contributed by atoms with van der Waals surface area (Å²) in [5.74, 6) is 0.899. The summed E-state index contributed by atoms with van der Waals surface area (Å²) in [6, 6.07) is 0.579. The van der Waals surface area contributed by atoms with Crippen LogP contribution in [0.5, 0.6) is 0 Å². The normalized spacial score (nSPS) is 19.0. The van der Waals surface area contributed by atoms with Crippen LogP contribution in [-0.2, 0) is 27.2 Å². The van der Waals surface area contributed by atoms with E-state index in [2.05, 4.69) is 18.7 Å². The molecule has 7 heteroatoms. The molecule has 0 unspecified atom stereocenters. The van der Waals surface area contributed by atoms with Gasteiger partial charge in [0.2, 0.25) is 0 Å². The molecule has 0 aliphatic carbocycles. The highest BCUT2D eigenvalue weighted by atomic mass is 16.2. The Labute approximate surface area is 147 Å². The van der Waals surface area contributed by atoms with Crippen LogP contribution in [0, 0.1) is 0 Å². The Balaban J connectivity index is 2.13. The molecule has 7 nitrogen and oxygen atoms in total. The van der Waals surface area contributed by atoms with E-state index in [0.717, 1.165) is 38.3 Å². The molecule has 0 N–H and O–H groups in total. The van der Waals surface area contributed by atoms with Crippen LogP contribution in [0.4, 0.5) is 0 Å². The van der Waals surface area contributed by atoms with Crippen LogP contribution in [0.1, 0.15) is 51.8 Å². The smallest absolute Gasteiger partial charge is 0.321 e. The molecule has 0 aromatic carbocycles. The first-order valence-corrected chi connectivity index (χ1v) is 9.38. The summed E-state index contributed by atoms with van der Waals surface area (Å²) in [6.45, 7) is 6.88. The second kappa shape index (κ2) is 7.15. The Morgan fingerprint density at radius 2 is 1.88 bits per heavy atom. The lowest BCUT2D eigenvalue weighted by Crippen LogP contribution is -2.39. The largest absolute Gasteiger partial charge is 0.332 e. The van der Waals surface area contributed by atoms with Gasteiger partial charge in [0.05, 0.1) is 6.54 Å². The van der Waals surface area contributed by atoms with E-state index in [9.17, 15) is 9.59 Å². The molecule has 3 rings (SSSR count). The van der Waals surface area contributed by atoms with Crippen molar-refractivity contribution < 1.29 is 0 Å². The third kappa shape index (κ3) is 3.05. The van der Waals surface area contributed by atoms with E-state index >= 15 is 0 Å². The molecule has 0 radical (unpaired) electrons. The van der Waals surface area contributed by atoms with E-state index in [1.807, 2.05) is 4.57 Å². The predicted molar refractivity (Wildman–Crippen MR) is 98.8 cm³/mol. The van der Waals surface area contributed by atoms with E-state index in [4.69, 9.17) is 4.98 Å². The monoisotopic (exact) mass is 347 g/mol. The van der Waals surface area contributed by atoms with Crippen LogP contribution in [0.15, 0.2) is 9.59 Å². The lowest BCUT2D eigenvalue weighted by molar-refractivity contribution is 0.131. The molecule has 0 bridgehead atoms. The topological polar surface area (TPSA) is 65.1 Å². The fourth-order valence-corrected chi connectivity index (χ4v) is 3.99. The molecule has 0 amide bonds. The van der Waals surface area contributed by atoms with Gasteiger partial charge in [-0.25, -0.2) is 9.78 Å². The van der Waals surface area contributed by atoms with Crippen LogP contribution in [0.2, 0.25) is 0 Å². The maximum absolute atomic E-state index is 12.7. The van der Waals surface area contributed by atoms with Crippen molar-refractivity contribution in [2.45, 2.75) is 65.1 Å². The van der Waals surface area contributed by atoms with Gasteiger partial charge in [-0.3, -0.25) is 18.8 Å². The SMILES string of the molecule is CCCn1c(CN2CCCC[C@H]2CC)nc2c1c(=O)n(C)c(=O)n2C. The van der Waals surface area contributed by atoms with E-state index in [1.54, 1.807) is 7.05 Å². The van der Waals surface area contributed by atoms with Crippen LogP contribution >= 0.6 is 0 Å². The van der Waals surface area contributed by atoms with E-state index in [1.165, 1.54) is 35.4 Å². The molecule has 1 aliphatic heterocycles. The number of fused-ring (bicyclic) bond motifs is 1. The number of hydrogen-bond donors (Lipinski definition) is 0. The molecule has 0 saturated carbocycles. The van der Waals surface area contributed by atoms with Gasteiger partial charge in [0.15, 0.2) is 11.2 Å². The van der Waals surface area contributed by atoms with E-state index < -0.39 is 0 Å². The summed E-state index contributed by atoms with van der Waals surface area (Å²) in [4.78, 5) is 32.1. The van der Waals surface area contributed by atoms with Gasteiger partial charge in [-0.15, -0.1) is 0 Å². The molecule has 1 atom stereocenters. The van der Waals surface area contributed by atoms with Crippen molar-refractivity contribution in [2.75, 3.05) is 6.54 Å². The third-order valence-electron chi connectivity index (χ3n) is 5.44. The first-order valence-electron chi connectivity index (χ1n) is 9.38. The molecule has 138 valence electrons. The number of aromatic nitrogens is 4. The van der Waals surface area contributed by atoms with Gasteiger partial charge in [-0.05, 0) is 32.2 Å². The van der Waals surface area contributed by atoms with Crippen LogP contribution < -0.4 is 11.2 Å². The molecule has 2 aromatic heterocycles. The third-order valence-corrected chi connectivity index (χ3v) is 5.44. The van der Waals surface area contributed by atoms with Crippen molar-refractivity contribution in [2.24, 2.45) is 14.1 Å². The second-order valence-corrected chi connectivity index (χ2v) is 7.09. The van der Waals surface area contributed by atoms with Crippen molar-refractivity contribution in [1.82, 2.24) is 23.6 Å². The van der Waals surface area contributed by atoms with Gasteiger partial charge in [0.1, 0.15) is 5.82 Å². The average molecular weight is 347 g/mol. The highest BCUT2D eigenvalue weighted by Gasteiger charge is 2.25. The number of imidazole rings is 1. The van der Waals surface area contributed by atoms with E-state index in [0.29, 0.717) is 17.2 Å². The molecule has 25 heavy (non-hydrogen) atoms. The molecule has 0 spiro atoms. The van der Waals surface area contributed by atoms with Gasteiger partial charge in [0.25, 0.3) is 5.56 Å². The van der Waals surface area contributed by atoms with Gasteiger partial charge < -0.3 is 4.57 Å². The maximum atomic E-state index is 12.7. The highest BCUT2D eigenvalue weighted by molar-refractivity contribution is 5.71. The van der Waals surface area contributed by atoms with Crippen molar-refractivity contribution in [3.63, 3.8) is 0 Å². The minimum Gasteiger partial charge on any atom is -0.321 e. The Bertz CT molecular complexity index is 876. The Hall–Kier alpha value is -1.89. The number of hydrogen-bond acceptors (Lipinski definition) is 4. The number of likely N-dealkylation sites (tertiary alicyclic amines) is 1. The predicted octanol–water partition coefficient (Wildman–Crippen LogP) is 1.61. The fourth-order valence-electron chi connectivity index (χ4n) is 3.99.